The number of fused-ring (bicyclic) bond motifs is 1. The predicted octanol–water partition coefficient (Wildman–Crippen LogP) is 1.43. The Morgan fingerprint density at radius 2 is 2.24 bits per heavy atom. The van der Waals surface area contributed by atoms with Crippen LogP contribution >= 0.6 is 0 Å². The summed E-state index contributed by atoms with van der Waals surface area (Å²) in [5.74, 6) is 1.56. The smallest absolute Gasteiger partial charge is 0.137 e. The third kappa shape index (κ3) is 2.62. The second-order valence-corrected chi connectivity index (χ2v) is 3.61. The number of nitrogens with one attached hydrogen (secondary N) is 1. The topological polar surface area (TPSA) is 67.3 Å². The van der Waals surface area contributed by atoms with E-state index in [9.17, 15) is 0 Å². The fraction of sp³-hybridized carbons (Fsp3) is 0.333. The molecule has 2 rings (SSSR count). The first kappa shape index (κ1) is 11.6. The molecule has 1 aromatic carbocycles. The number of methoxy groups -OCH3 is 1. The van der Waals surface area contributed by atoms with Crippen molar-refractivity contribution in [1.29, 1.82) is 0 Å². The van der Waals surface area contributed by atoms with Crippen LogP contribution in [0.3, 0.4) is 0 Å². The van der Waals surface area contributed by atoms with E-state index in [2.05, 4.69) is 15.3 Å². The molecule has 0 unspecified atom stereocenters. The van der Waals surface area contributed by atoms with E-state index in [1.807, 2.05) is 18.2 Å². The molecule has 2 aromatic rings. The largest absolute Gasteiger partial charge is 0.497 e. The van der Waals surface area contributed by atoms with Crippen molar-refractivity contribution < 1.29 is 9.84 Å². The molecular formula is C12H15N3O2. The Morgan fingerprint density at radius 3 is 3.00 bits per heavy atom. The molecular weight excluding hydrogens is 218 g/mol. The van der Waals surface area contributed by atoms with Crippen LogP contribution in [0.1, 0.15) is 6.42 Å². The minimum atomic E-state index is 0.170. The highest BCUT2D eigenvalue weighted by molar-refractivity contribution is 5.89. The lowest BCUT2D eigenvalue weighted by Gasteiger charge is -2.08. The average Bonchev–Trinajstić information content (AvgIpc) is 2.38. The molecule has 5 nitrogen and oxygen atoms in total. The number of rotatable bonds is 5. The molecule has 0 aliphatic heterocycles. The number of benzene rings is 1. The van der Waals surface area contributed by atoms with Crippen LogP contribution in [-0.2, 0) is 0 Å². The summed E-state index contributed by atoms with van der Waals surface area (Å²) in [6.07, 6.45) is 2.21. The summed E-state index contributed by atoms with van der Waals surface area (Å²) in [5, 5.41) is 12.9. The summed E-state index contributed by atoms with van der Waals surface area (Å²) < 4.78 is 5.15. The second kappa shape index (κ2) is 5.45. The van der Waals surface area contributed by atoms with Gasteiger partial charge in [-0.3, -0.25) is 0 Å². The lowest BCUT2D eigenvalue weighted by molar-refractivity contribution is 0.292. The van der Waals surface area contributed by atoms with E-state index in [-0.39, 0.29) is 6.61 Å². The molecule has 0 amide bonds. The standard InChI is InChI=1S/C12H15N3O2/c1-17-9-3-4-10-11(7-9)14-8-15-12(10)13-5-2-6-16/h3-4,7-8,16H,2,5-6H2,1H3,(H,13,14,15). The van der Waals surface area contributed by atoms with E-state index in [1.165, 1.54) is 6.33 Å². The van der Waals surface area contributed by atoms with Gasteiger partial charge in [0, 0.05) is 24.6 Å². The number of aromatic nitrogens is 2. The van der Waals surface area contributed by atoms with Crippen molar-refractivity contribution in [3.05, 3.63) is 24.5 Å². The van der Waals surface area contributed by atoms with Gasteiger partial charge in [-0.15, -0.1) is 0 Å². The third-order valence-electron chi connectivity index (χ3n) is 2.47. The molecule has 1 heterocycles. The Balaban J connectivity index is 2.30. The van der Waals surface area contributed by atoms with Gasteiger partial charge in [0.2, 0.25) is 0 Å². The maximum atomic E-state index is 8.74. The Bertz CT molecular complexity index is 502. The van der Waals surface area contributed by atoms with Crippen molar-refractivity contribution in [2.75, 3.05) is 25.6 Å². The van der Waals surface area contributed by atoms with Gasteiger partial charge in [0.15, 0.2) is 0 Å². The van der Waals surface area contributed by atoms with E-state index in [4.69, 9.17) is 9.84 Å². The van der Waals surface area contributed by atoms with Crippen LogP contribution in [0.15, 0.2) is 24.5 Å². The van der Waals surface area contributed by atoms with Crippen molar-refractivity contribution in [2.45, 2.75) is 6.42 Å². The zero-order valence-electron chi connectivity index (χ0n) is 9.68. The van der Waals surface area contributed by atoms with Gasteiger partial charge < -0.3 is 15.2 Å². The van der Waals surface area contributed by atoms with Gasteiger partial charge in [-0.05, 0) is 18.6 Å². The molecule has 0 saturated carbocycles. The molecule has 90 valence electrons. The minimum absolute atomic E-state index is 0.170. The van der Waals surface area contributed by atoms with Crippen molar-refractivity contribution in [3.63, 3.8) is 0 Å². The summed E-state index contributed by atoms with van der Waals surface area (Å²) >= 11 is 0. The molecule has 0 atom stereocenters. The van der Waals surface area contributed by atoms with Gasteiger partial charge >= 0.3 is 0 Å². The maximum absolute atomic E-state index is 8.74. The average molecular weight is 233 g/mol. The van der Waals surface area contributed by atoms with Crippen LogP contribution in [0, 0.1) is 0 Å². The number of hydrogen-bond donors (Lipinski definition) is 2. The van der Waals surface area contributed by atoms with Gasteiger partial charge in [-0.25, -0.2) is 9.97 Å². The van der Waals surface area contributed by atoms with Crippen LogP contribution in [0.2, 0.25) is 0 Å². The van der Waals surface area contributed by atoms with Crippen molar-refractivity contribution in [1.82, 2.24) is 9.97 Å². The zero-order valence-corrected chi connectivity index (χ0v) is 9.68. The second-order valence-electron chi connectivity index (χ2n) is 3.61. The van der Waals surface area contributed by atoms with Crippen molar-refractivity contribution >= 4 is 16.7 Å². The number of aliphatic hydroxyl groups is 1. The third-order valence-corrected chi connectivity index (χ3v) is 2.47. The predicted molar refractivity (Wildman–Crippen MR) is 66.3 cm³/mol. The van der Waals surface area contributed by atoms with E-state index in [0.29, 0.717) is 13.0 Å². The molecule has 0 radical (unpaired) electrons. The highest BCUT2D eigenvalue weighted by atomic mass is 16.5. The maximum Gasteiger partial charge on any atom is 0.137 e. The first-order valence-electron chi connectivity index (χ1n) is 5.48. The molecule has 0 saturated heterocycles. The monoisotopic (exact) mass is 233 g/mol. The Kier molecular flexibility index (Phi) is 3.72. The van der Waals surface area contributed by atoms with E-state index in [0.717, 1.165) is 22.5 Å². The first-order chi connectivity index (χ1) is 8.35. The highest BCUT2D eigenvalue weighted by Crippen LogP contribution is 2.23. The number of aliphatic hydroxyl groups excluding tert-OH is 1. The summed E-state index contributed by atoms with van der Waals surface area (Å²) in [6.45, 7) is 0.860. The van der Waals surface area contributed by atoms with Gasteiger partial charge in [-0.1, -0.05) is 0 Å². The summed E-state index contributed by atoms with van der Waals surface area (Å²) in [4.78, 5) is 8.39. The molecule has 0 aliphatic carbocycles. The molecule has 0 bridgehead atoms. The first-order valence-corrected chi connectivity index (χ1v) is 5.48. The molecule has 0 aliphatic rings. The number of hydrogen-bond acceptors (Lipinski definition) is 5. The van der Waals surface area contributed by atoms with Gasteiger partial charge in [0.05, 0.1) is 12.6 Å². The highest BCUT2D eigenvalue weighted by Gasteiger charge is 2.03. The van der Waals surface area contributed by atoms with Crippen molar-refractivity contribution in [3.8, 4) is 5.75 Å². The Labute approximate surface area is 99.5 Å². The van der Waals surface area contributed by atoms with Crippen LogP contribution in [0.4, 0.5) is 5.82 Å². The van der Waals surface area contributed by atoms with Crippen LogP contribution in [-0.4, -0.2) is 35.3 Å². The van der Waals surface area contributed by atoms with Gasteiger partial charge in [-0.2, -0.15) is 0 Å². The number of nitrogens with zero attached hydrogens (tertiary/aromatic N) is 2. The molecule has 2 N–H and O–H groups in total. The molecule has 0 fully saturated rings. The Morgan fingerprint density at radius 1 is 1.35 bits per heavy atom. The number of ether oxygens (including phenoxy) is 1. The van der Waals surface area contributed by atoms with Crippen LogP contribution in [0.5, 0.6) is 5.75 Å². The molecule has 5 heteroatoms. The molecule has 1 aromatic heterocycles. The minimum Gasteiger partial charge on any atom is -0.497 e. The van der Waals surface area contributed by atoms with Gasteiger partial charge in [0.25, 0.3) is 0 Å². The lowest BCUT2D eigenvalue weighted by Crippen LogP contribution is -2.05. The Hall–Kier alpha value is -1.88. The zero-order chi connectivity index (χ0) is 12.1. The summed E-state index contributed by atoms with van der Waals surface area (Å²) in [6, 6.07) is 5.67. The SMILES string of the molecule is COc1ccc2c(NCCCO)ncnc2c1. The van der Waals surface area contributed by atoms with Crippen LogP contribution in [0.25, 0.3) is 10.9 Å². The van der Waals surface area contributed by atoms with E-state index in [1.54, 1.807) is 7.11 Å². The normalized spacial score (nSPS) is 10.5. The fourth-order valence-electron chi connectivity index (χ4n) is 1.59. The van der Waals surface area contributed by atoms with Gasteiger partial charge in [0.1, 0.15) is 17.9 Å². The van der Waals surface area contributed by atoms with E-state index >= 15 is 0 Å². The fourth-order valence-corrected chi connectivity index (χ4v) is 1.59. The quantitative estimate of drug-likeness (QED) is 0.765. The lowest BCUT2D eigenvalue weighted by atomic mass is 10.2. The molecule has 17 heavy (non-hydrogen) atoms. The van der Waals surface area contributed by atoms with Crippen molar-refractivity contribution in [2.24, 2.45) is 0 Å². The summed E-state index contributed by atoms with van der Waals surface area (Å²) in [5.41, 5.74) is 0.839. The van der Waals surface area contributed by atoms with Crippen LogP contribution < -0.4 is 10.1 Å². The van der Waals surface area contributed by atoms with E-state index < -0.39 is 0 Å². The molecule has 0 spiro atoms. The number of anilines is 1. The summed E-state index contributed by atoms with van der Waals surface area (Å²) in [7, 11) is 1.63.